The number of H-pyrrole nitrogens is 1. The van der Waals surface area contributed by atoms with E-state index in [0.717, 1.165) is 11.1 Å². The Balaban J connectivity index is 1.40. The maximum atomic E-state index is 13.5. The van der Waals surface area contributed by atoms with Gasteiger partial charge in [0.05, 0.1) is 0 Å². The molecule has 0 radical (unpaired) electrons. The van der Waals surface area contributed by atoms with Crippen LogP contribution in [0.4, 0.5) is 8.78 Å². The molecule has 3 aromatic rings. The van der Waals surface area contributed by atoms with Gasteiger partial charge in [0.1, 0.15) is 18.2 Å². The number of aliphatic hydroxyl groups excluding tert-OH is 1. The van der Waals surface area contributed by atoms with E-state index in [2.05, 4.69) is 25.3 Å². The van der Waals surface area contributed by atoms with Gasteiger partial charge < -0.3 is 20.6 Å². The molecule has 0 unspecified atom stereocenters. The van der Waals surface area contributed by atoms with Crippen molar-refractivity contribution >= 4 is 17.7 Å². The number of benzene rings is 2. The van der Waals surface area contributed by atoms with Gasteiger partial charge in [0.2, 0.25) is 18.2 Å². The molecule has 2 heterocycles. The van der Waals surface area contributed by atoms with E-state index >= 15 is 0 Å². The van der Waals surface area contributed by atoms with Crippen molar-refractivity contribution in [3.63, 3.8) is 0 Å². The fourth-order valence-corrected chi connectivity index (χ4v) is 5.06. The number of hydrogen-bond donors (Lipinski definition) is 4. The molecule has 3 amide bonds. The van der Waals surface area contributed by atoms with Crippen molar-refractivity contribution in [3.8, 4) is 11.4 Å². The predicted molar refractivity (Wildman–Crippen MR) is 152 cm³/mol. The average Bonchev–Trinajstić information content (AvgIpc) is 3.63. The quantitative estimate of drug-likeness (QED) is 0.249. The van der Waals surface area contributed by atoms with Crippen molar-refractivity contribution in [1.29, 1.82) is 0 Å². The first-order chi connectivity index (χ1) is 20.5. The van der Waals surface area contributed by atoms with Gasteiger partial charge in [-0.2, -0.15) is 0 Å². The van der Waals surface area contributed by atoms with E-state index in [0.29, 0.717) is 12.0 Å². The summed E-state index contributed by atoms with van der Waals surface area (Å²) in [5.41, 5.74) is 2.34. The first-order valence-corrected chi connectivity index (χ1v) is 14.1. The van der Waals surface area contributed by atoms with Crippen molar-refractivity contribution < 1.29 is 32.8 Å². The molecule has 4 atom stereocenters. The van der Waals surface area contributed by atoms with E-state index < -0.39 is 60.4 Å². The molecule has 0 aliphatic carbocycles. The van der Waals surface area contributed by atoms with Crippen LogP contribution in [0.2, 0.25) is 0 Å². The molecule has 4 rings (SSSR count). The maximum absolute atomic E-state index is 13.5. The summed E-state index contributed by atoms with van der Waals surface area (Å²) in [5.74, 6) is -3.14. The van der Waals surface area contributed by atoms with Gasteiger partial charge in [-0.1, -0.05) is 73.6 Å². The SMILES string of the molecule is CC(C)[C@H](O)C(=O)N1C[C@H](c2ccccc2)C[C@H]1C(=O)N[C@@H](CC(F)F)C(=O)NCCc1ccc(-c2noc(=O)[nH]2)cc1. The highest BCUT2D eigenvalue weighted by Gasteiger charge is 2.43. The van der Waals surface area contributed by atoms with Crippen LogP contribution in [0, 0.1) is 5.92 Å². The zero-order valence-electron chi connectivity index (χ0n) is 23.8. The van der Waals surface area contributed by atoms with Crippen LogP contribution >= 0.6 is 0 Å². The molecule has 1 saturated heterocycles. The van der Waals surface area contributed by atoms with Gasteiger partial charge in [-0.15, -0.1) is 0 Å². The second kappa shape index (κ2) is 14.2. The summed E-state index contributed by atoms with van der Waals surface area (Å²) < 4.78 is 31.4. The molecule has 1 fully saturated rings. The Morgan fingerprint density at radius 2 is 1.81 bits per heavy atom. The second-order valence-corrected chi connectivity index (χ2v) is 10.9. The van der Waals surface area contributed by atoms with Crippen molar-refractivity contribution in [2.75, 3.05) is 13.1 Å². The minimum absolute atomic E-state index is 0.110. The number of carbonyl (C=O) groups excluding carboxylic acids is 3. The van der Waals surface area contributed by atoms with Crippen LogP contribution in [-0.2, 0) is 20.8 Å². The first-order valence-electron chi connectivity index (χ1n) is 14.1. The number of hydrogen-bond acceptors (Lipinski definition) is 7. The predicted octanol–water partition coefficient (Wildman–Crippen LogP) is 2.23. The summed E-state index contributed by atoms with van der Waals surface area (Å²) >= 11 is 0. The van der Waals surface area contributed by atoms with E-state index in [4.69, 9.17) is 0 Å². The van der Waals surface area contributed by atoms with E-state index in [1.54, 1.807) is 38.1 Å². The number of carbonyl (C=O) groups is 3. The number of nitrogens with one attached hydrogen (secondary N) is 3. The number of rotatable bonds is 12. The Kier molecular flexibility index (Phi) is 10.4. The Morgan fingerprint density at radius 1 is 1.12 bits per heavy atom. The smallest absolute Gasteiger partial charge is 0.383 e. The maximum Gasteiger partial charge on any atom is 0.439 e. The van der Waals surface area contributed by atoms with Crippen LogP contribution in [0.5, 0.6) is 0 Å². The van der Waals surface area contributed by atoms with Gasteiger partial charge in [-0.05, 0) is 29.9 Å². The normalized spacial score (nSPS) is 18.1. The number of aromatic amines is 1. The summed E-state index contributed by atoms with van der Waals surface area (Å²) in [6, 6.07) is 13.6. The fraction of sp³-hybridized carbons (Fsp3) is 0.433. The Morgan fingerprint density at radius 3 is 2.42 bits per heavy atom. The van der Waals surface area contributed by atoms with Gasteiger partial charge in [-0.3, -0.25) is 23.9 Å². The molecular weight excluding hydrogens is 564 g/mol. The number of likely N-dealkylation sites (tertiary alicyclic amines) is 1. The molecule has 0 bridgehead atoms. The van der Waals surface area contributed by atoms with Crippen molar-refractivity contribution in [2.45, 2.75) is 63.6 Å². The summed E-state index contributed by atoms with van der Waals surface area (Å²) in [6.07, 6.45) is -4.52. The number of halogens is 2. The summed E-state index contributed by atoms with van der Waals surface area (Å²) in [5, 5.41) is 19.1. The van der Waals surface area contributed by atoms with Gasteiger partial charge in [0, 0.05) is 31.0 Å². The van der Waals surface area contributed by atoms with Crippen LogP contribution in [0.1, 0.15) is 43.7 Å². The minimum Gasteiger partial charge on any atom is -0.383 e. The molecule has 0 saturated carbocycles. The Labute approximate surface area is 246 Å². The molecule has 43 heavy (non-hydrogen) atoms. The second-order valence-electron chi connectivity index (χ2n) is 10.9. The Hall–Kier alpha value is -4.39. The highest BCUT2D eigenvalue weighted by atomic mass is 19.3. The van der Waals surface area contributed by atoms with Gasteiger partial charge in [-0.25, -0.2) is 13.6 Å². The van der Waals surface area contributed by atoms with Gasteiger partial charge in [0.15, 0.2) is 5.82 Å². The van der Waals surface area contributed by atoms with Gasteiger partial charge >= 0.3 is 5.76 Å². The number of nitrogens with zero attached hydrogens (tertiary/aromatic N) is 2. The summed E-state index contributed by atoms with van der Waals surface area (Å²) in [6.45, 7) is 3.64. The van der Waals surface area contributed by atoms with Crippen LogP contribution < -0.4 is 16.4 Å². The van der Waals surface area contributed by atoms with E-state index in [1.807, 2.05) is 30.3 Å². The topological polar surface area (TPSA) is 158 Å². The Bertz CT molecular complexity index is 1440. The summed E-state index contributed by atoms with van der Waals surface area (Å²) in [4.78, 5) is 54.4. The van der Waals surface area contributed by atoms with Crippen LogP contribution in [0.3, 0.4) is 0 Å². The molecule has 1 aromatic heterocycles. The zero-order valence-corrected chi connectivity index (χ0v) is 23.8. The largest absolute Gasteiger partial charge is 0.439 e. The molecule has 1 aliphatic heterocycles. The van der Waals surface area contributed by atoms with Crippen LogP contribution in [-0.4, -0.2) is 75.6 Å². The molecule has 230 valence electrons. The third kappa shape index (κ3) is 8.13. The van der Waals surface area contributed by atoms with Crippen molar-refractivity contribution in [3.05, 3.63) is 76.3 Å². The zero-order chi connectivity index (χ0) is 31.1. The molecule has 13 heteroatoms. The fourth-order valence-electron chi connectivity index (χ4n) is 5.06. The third-order valence-corrected chi connectivity index (χ3v) is 7.47. The van der Waals surface area contributed by atoms with Gasteiger partial charge in [0.25, 0.3) is 5.91 Å². The van der Waals surface area contributed by atoms with E-state index in [1.165, 1.54) is 4.90 Å². The van der Waals surface area contributed by atoms with Crippen LogP contribution in [0.15, 0.2) is 63.9 Å². The lowest BCUT2D eigenvalue weighted by atomic mass is 9.96. The number of aliphatic hydroxyl groups is 1. The highest BCUT2D eigenvalue weighted by molar-refractivity contribution is 5.93. The molecule has 0 spiro atoms. The van der Waals surface area contributed by atoms with Crippen molar-refractivity contribution in [2.24, 2.45) is 5.92 Å². The van der Waals surface area contributed by atoms with Crippen molar-refractivity contribution in [1.82, 2.24) is 25.7 Å². The lowest BCUT2D eigenvalue weighted by molar-refractivity contribution is -0.147. The molecule has 2 aromatic carbocycles. The lowest BCUT2D eigenvalue weighted by Gasteiger charge is -2.28. The third-order valence-electron chi connectivity index (χ3n) is 7.47. The van der Waals surface area contributed by atoms with E-state index in [9.17, 15) is 33.1 Å². The standard InChI is InChI=1S/C30H35F2N5O6/c1-17(2)25(38)29(41)37-16-21(19-6-4-3-5-7-19)14-23(37)28(40)34-22(15-24(31)32)27(39)33-13-12-18-8-10-20(11-9-18)26-35-30(42)43-36-26/h3-11,17,21-25,38H,12-16H2,1-2H3,(H,33,39)(H,34,40)(H,35,36,42)/t21-,22+,23+,25+/m1/s1. The minimum atomic E-state index is -2.87. The molecule has 11 nitrogen and oxygen atoms in total. The molecule has 1 aliphatic rings. The number of aromatic nitrogens is 2. The highest BCUT2D eigenvalue weighted by Crippen LogP contribution is 2.33. The van der Waals surface area contributed by atoms with E-state index in [-0.39, 0.29) is 31.3 Å². The molecule has 4 N–H and O–H groups in total. The van der Waals surface area contributed by atoms with Crippen LogP contribution in [0.25, 0.3) is 11.4 Å². The monoisotopic (exact) mass is 599 g/mol. The first kappa shape index (κ1) is 31.5. The number of alkyl halides is 2. The molecular formula is C30H35F2N5O6. The summed E-state index contributed by atoms with van der Waals surface area (Å²) in [7, 11) is 0. The number of amides is 3. The lowest BCUT2D eigenvalue weighted by Crippen LogP contribution is -2.55. The average molecular weight is 600 g/mol.